The minimum Gasteiger partial charge on any atom is -0.356 e. The second-order valence-corrected chi connectivity index (χ2v) is 13.3. The second kappa shape index (κ2) is 9.97. The molecule has 3 aliphatic rings. The van der Waals surface area contributed by atoms with Crippen LogP contribution in [0.3, 0.4) is 0 Å². The van der Waals surface area contributed by atoms with Crippen molar-refractivity contribution >= 4 is 33.6 Å². The molecule has 4 heterocycles. The molecule has 2 atom stereocenters. The standard InChI is InChI=1S/C25H28F3N7O2S2/c1-2-38(36)31-22-6-4-18(23(29-22)33-11-9-24(7-8-24)10-12-33)20-14-35(32-30-20)17-3-5-19(26)21(13-17)39(37)34-15-25(27,28)16-34/h3-6,13-14H,2,7-12,15-16H2,1H3,(H,29,31). The molecule has 1 spiro atoms. The Bertz CT molecular complexity index is 1450. The average Bonchev–Trinajstić information content (AvgIpc) is 3.48. The van der Waals surface area contributed by atoms with Gasteiger partial charge >= 0.3 is 0 Å². The van der Waals surface area contributed by atoms with Gasteiger partial charge in [-0.2, -0.15) is 0 Å². The van der Waals surface area contributed by atoms with Crippen LogP contribution >= 0.6 is 0 Å². The van der Waals surface area contributed by atoms with E-state index in [1.807, 2.05) is 13.0 Å². The third kappa shape index (κ3) is 5.33. The number of piperidine rings is 1. The number of benzene rings is 1. The topological polar surface area (TPSA) is 96.2 Å². The van der Waals surface area contributed by atoms with Crippen molar-refractivity contribution < 1.29 is 21.6 Å². The Hall–Kier alpha value is -2.84. The zero-order valence-corrected chi connectivity index (χ0v) is 22.9. The van der Waals surface area contributed by atoms with E-state index >= 15 is 0 Å². The van der Waals surface area contributed by atoms with E-state index in [1.165, 1.54) is 29.7 Å². The van der Waals surface area contributed by atoms with Crippen molar-refractivity contribution in [1.82, 2.24) is 24.3 Å². The number of hydrogen-bond acceptors (Lipinski definition) is 6. The van der Waals surface area contributed by atoms with Gasteiger partial charge in [-0.15, -0.1) is 5.10 Å². The van der Waals surface area contributed by atoms with E-state index < -0.39 is 46.8 Å². The maximum atomic E-state index is 14.5. The van der Waals surface area contributed by atoms with E-state index in [4.69, 9.17) is 4.98 Å². The fourth-order valence-corrected chi connectivity index (χ4v) is 6.85. The van der Waals surface area contributed by atoms with Gasteiger partial charge < -0.3 is 4.90 Å². The first-order chi connectivity index (χ1) is 18.7. The van der Waals surface area contributed by atoms with Crippen LogP contribution in [0.15, 0.2) is 41.4 Å². The van der Waals surface area contributed by atoms with Gasteiger partial charge in [-0.1, -0.05) is 12.1 Å². The molecular weight excluding hydrogens is 551 g/mol. The molecule has 1 aromatic carbocycles. The van der Waals surface area contributed by atoms with E-state index in [0.717, 1.165) is 47.7 Å². The number of pyridine rings is 1. The smallest absolute Gasteiger partial charge is 0.275 e. The van der Waals surface area contributed by atoms with Crippen LogP contribution in [0.2, 0.25) is 0 Å². The van der Waals surface area contributed by atoms with Crippen LogP contribution in [-0.4, -0.2) is 70.6 Å². The van der Waals surface area contributed by atoms with Crippen molar-refractivity contribution in [3.05, 3.63) is 42.3 Å². The molecule has 6 rings (SSSR count). The van der Waals surface area contributed by atoms with Gasteiger partial charge in [0, 0.05) is 24.4 Å². The fourth-order valence-electron chi connectivity index (χ4n) is 5.01. The van der Waals surface area contributed by atoms with Crippen molar-refractivity contribution in [3.63, 3.8) is 0 Å². The molecule has 1 N–H and O–H groups in total. The molecule has 39 heavy (non-hydrogen) atoms. The Morgan fingerprint density at radius 3 is 2.46 bits per heavy atom. The third-order valence-corrected chi connectivity index (χ3v) is 10.0. The summed E-state index contributed by atoms with van der Waals surface area (Å²) >= 11 is 0. The predicted octanol–water partition coefficient (Wildman–Crippen LogP) is 3.92. The van der Waals surface area contributed by atoms with Crippen LogP contribution in [0.25, 0.3) is 16.9 Å². The van der Waals surface area contributed by atoms with Gasteiger partial charge in [-0.05, 0) is 61.4 Å². The lowest BCUT2D eigenvalue weighted by Crippen LogP contribution is -2.56. The molecule has 2 saturated heterocycles. The number of alkyl halides is 2. The highest BCUT2D eigenvalue weighted by molar-refractivity contribution is 7.86. The molecule has 3 aromatic rings. The first-order valence-electron chi connectivity index (χ1n) is 12.8. The summed E-state index contributed by atoms with van der Waals surface area (Å²) in [6, 6.07) is 7.56. The zero-order chi connectivity index (χ0) is 27.4. The van der Waals surface area contributed by atoms with Crippen LogP contribution in [0.1, 0.15) is 32.6 Å². The van der Waals surface area contributed by atoms with E-state index in [2.05, 4.69) is 19.9 Å². The summed E-state index contributed by atoms with van der Waals surface area (Å²) in [6.07, 6.45) is 6.41. The van der Waals surface area contributed by atoms with Gasteiger partial charge in [0.25, 0.3) is 5.92 Å². The van der Waals surface area contributed by atoms with Gasteiger partial charge in [-0.25, -0.2) is 35.6 Å². The molecule has 14 heteroatoms. The van der Waals surface area contributed by atoms with E-state index in [1.54, 1.807) is 12.3 Å². The maximum absolute atomic E-state index is 14.5. The first kappa shape index (κ1) is 26.4. The fraction of sp³-hybridized carbons (Fsp3) is 0.480. The van der Waals surface area contributed by atoms with Gasteiger partial charge in [0.2, 0.25) is 0 Å². The first-order valence-corrected chi connectivity index (χ1v) is 15.3. The van der Waals surface area contributed by atoms with E-state index in [0.29, 0.717) is 28.4 Å². The van der Waals surface area contributed by atoms with Gasteiger partial charge in [0.05, 0.1) is 29.9 Å². The molecule has 208 valence electrons. The minimum atomic E-state index is -2.92. The molecular formula is C25H28F3N7O2S2. The minimum absolute atomic E-state index is 0.191. The lowest BCUT2D eigenvalue weighted by atomic mass is 9.93. The maximum Gasteiger partial charge on any atom is 0.275 e. The number of nitrogens with zero attached hydrogens (tertiary/aromatic N) is 6. The molecule has 0 amide bonds. The summed E-state index contributed by atoms with van der Waals surface area (Å²) in [4.78, 5) is 6.83. The third-order valence-electron chi connectivity index (χ3n) is 7.62. The SMILES string of the molecule is CCS(=O)Nc1ccc(-c2cn(-c3ccc(F)c(S(=O)N4CC(F)(F)C4)c3)nn2)c(N2CCC3(CC2)CC3)n1. The summed E-state index contributed by atoms with van der Waals surface area (Å²) in [5.74, 6) is -1.99. The molecule has 0 bridgehead atoms. The Morgan fingerprint density at radius 2 is 1.79 bits per heavy atom. The Labute approximate surface area is 229 Å². The quantitative estimate of drug-likeness (QED) is 0.435. The van der Waals surface area contributed by atoms with Crippen molar-refractivity contribution in [3.8, 4) is 16.9 Å². The molecule has 3 fully saturated rings. The van der Waals surface area contributed by atoms with Crippen molar-refractivity contribution in [1.29, 1.82) is 0 Å². The highest BCUT2D eigenvalue weighted by Crippen LogP contribution is 2.54. The lowest BCUT2D eigenvalue weighted by molar-refractivity contribution is -0.0926. The average molecular weight is 580 g/mol. The molecule has 1 saturated carbocycles. The Morgan fingerprint density at radius 1 is 1.05 bits per heavy atom. The summed E-state index contributed by atoms with van der Waals surface area (Å²) in [5, 5.41) is 8.53. The van der Waals surface area contributed by atoms with Crippen LogP contribution in [0, 0.1) is 11.2 Å². The van der Waals surface area contributed by atoms with Crippen molar-refractivity contribution in [2.45, 2.75) is 43.4 Å². The summed E-state index contributed by atoms with van der Waals surface area (Å²) in [6.45, 7) is 2.18. The zero-order valence-electron chi connectivity index (χ0n) is 21.3. The highest BCUT2D eigenvalue weighted by Gasteiger charge is 2.47. The normalized spacial score (nSPS) is 21.4. The van der Waals surface area contributed by atoms with Crippen LogP contribution in [-0.2, 0) is 22.0 Å². The van der Waals surface area contributed by atoms with Crippen LogP contribution in [0.4, 0.5) is 24.8 Å². The summed E-state index contributed by atoms with van der Waals surface area (Å²) < 4.78 is 71.2. The highest BCUT2D eigenvalue weighted by atomic mass is 32.2. The summed E-state index contributed by atoms with van der Waals surface area (Å²) in [5.41, 5.74) is 2.15. The van der Waals surface area contributed by atoms with E-state index in [9.17, 15) is 21.6 Å². The number of rotatable bonds is 8. The number of aromatic nitrogens is 4. The van der Waals surface area contributed by atoms with E-state index in [-0.39, 0.29) is 4.90 Å². The number of nitrogens with one attached hydrogen (secondary N) is 1. The number of hydrogen-bond donors (Lipinski definition) is 1. The monoisotopic (exact) mass is 579 g/mol. The molecule has 9 nitrogen and oxygen atoms in total. The predicted molar refractivity (Wildman–Crippen MR) is 143 cm³/mol. The molecule has 0 radical (unpaired) electrons. The molecule has 2 unspecified atom stereocenters. The molecule has 1 aliphatic carbocycles. The van der Waals surface area contributed by atoms with Crippen molar-refractivity contribution in [2.75, 3.05) is 41.6 Å². The Balaban J connectivity index is 1.29. The molecule has 2 aliphatic heterocycles. The number of halogens is 3. The van der Waals surface area contributed by atoms with Crippen LogP contribution < -0.4 is 9.62 Å². The number of anilines is 2. The van der Waals surface area contributed by atoms with Gasteiger partial charge in [-0.3, -0.25) is 4.72 Å². The van der Waals surface area contributed by atoms with Gasteiger partial charge in [0.1, 0.15) is 45.1 Å². The molecule has 2 aromatic heterocycles. The second-order valence-electron chi connectivity index (χ2n) is 10.4. The largest absolute Gasteiger partial charge is 0.356 e. The lowest BCUT2D eigenvalue weighted by Gasteiger charge is -2.37. The van der Waals surface area contributed by atoms with Gasteiger partial charge in [0.15, 0.2) is 0 Å². The summed E-state index contributed by atoms with van der Waals surface area (Å²) in [7, 11) is -3.30. The van der Waals surface area contributed by atoms with Crippen LogP contribution in [0.5, 0.6) is 0 Å². The Kier molecular flexibility index (Phi) is 6.74. The van der Waals surface area contributed by atoms with Crippen molar-refractivity contribution in [2.24, 2.45) is 5.41 Å².